The average Bonchev–Trinajstić information content (AvgIpc) is 2.18. The van der Waals surface area contributed by atoms with Crippen molar-refractivity contribution < 1.29 is 4.74 Å². The first-order chi connectivity index (χ1) is 6.27. The van der Waals surface area contributed by atoms with E-state index in [4.69, 9.17) is 4.74 Å². The Kier molecular flexibility index (Phi) is 3.77. The van der Waals surface area contributed by atoms with Gasteiger partial charge in [-0.15, -0.1) is 0 Å². The molecule has 0 fully saturated rings. The number of methoxy groups -OCH3 is 1. The van der Waals surface area contributed by atoms with Crippen molar-refractivity contribution in [2.75, 3.05) is 14.2 Å². The first kappa shape index (κ1) is 10.1. The maximum Gasteiger partial charge on any atom is 0.122 e. The van der Waals surface area contributed by atoms with E-state index in [1.807, 2.05) is 25.2 Å². The summed E-state index contributed by atoms with van der Waals surface area (Å²) in [6.45, 7) is 2.16. The average molecular weight is 179 g/mol. The maximum atomic E-state index is 5.26. The normalized spacial score (nSPS) is 12.5. The molecular formula is C11H17NO. The van der Waals surface area contributed by atoms with Crippen LogP contribution < -0.4 is 10.1 Å². The van der Waals surface area contributed by atoms with Gasteiger partial charge in [-0.3, -0.25) is 0 Å². The molecule has 1 aromatic rings. The lowest BCUT2D eigenvalue weighted by molar-refractivity contribution is 0.407. The van der Waals surface area contributed by atoms with Gasteiger partial charge in [-0.05, 0) is 32.0 Å². The Morgan fingerprint density at radius 1 is 1.38 bits per heavy atom. The number of para-hydroxylation sites is 1. The highest BCUT2D eigenvalue weighted by Crippen LogP contribution is 2.18. The molecule has 0 heterocycles. The van der Waals surface area contributed by atoms with Crippen LogP contribution >= 0.6 is 0 Å². The highest BCUT2D eigenvalue weighted by molar-refractivity contribution is 5.33. The monoisotopic (exact) mass is 179 g/mol. The summed E-state index contributed by atoms with van der Waals surface area (Å²) in [6.07, 6.45) is 1.00. The Bertz CT molecular complexity index is 260. The third-order valence-corrected chi connectivity index (χ3v) is 2.21. The molecule has 0 radical (unpaired) electrons. The molecule has 0 aromatic heterocycles. The van der Waals surface area contributed by atoms with Gasteiger partial charge in [0.25, 0.3) is 0 Å². The number of likely N-dealkylation sites (N-methyl/N-ethyl adjacent to an activating group) is 1. The van der Waals surface area contributed by atoms with Crippen molar-refractivity contribution in [3.63, 3.8) is 0 Å². The predicted molar refractivity (Wildman–Crippen MR) is 55.2 cm³/mol. The SMILES string of the molecule is CNC(C)Cc1ccccc1OC. The van der Waals surface area contributed by atoms with Crippen molar-refractivity contribution in [2.45, 2.75) is 19.4 Å². The van der Waals surface area contributed by atoms with E-state index < -0.39 is 0 Å². The lowest BCUT2D eigenvalue weighted by Crippen LogP contribution is -2.23. The van der Waals surface area contributed by atoms with Crippen LogP contribution in [-0.2, 0) is 6.42 Å². The molecule has 2 heteroatoms. The first-order valence-corrected chi connectivity index (χ1v) is 4.57. The number of rotatable bonds is 4. The van der Waals surface area contributed by atoms with E-state index in [0.717, 1.165) is 12.2 Å². The van der Waals surface area contributed by atoms with Crippen LogP contribution in [0.4, 0.5) is 0 Å². The van der Waals surface area contributed by atoms with E-state index in [-0.39, 0.29) is 0 Å². The molecule has 1 unspecified atom stereocenters. The van der Waals surface area contributed by atoms with E-state index in [9.17, 15) is 0 Å². The molecule has 1 rings (SSSR count). The number of hydrogen-bond donors (Lipinski definition) is 1. The standard InChI is InChI=1S/C11H17NO/c1-9(12-2)8-10-6-4-5-7-11(10)13-3/h4-7,9,12H,8H2,1-3H3. The topological polar surface area (TPSA) is 21.3 Å². The Morgan fingerprint density at radius 2 is 2.08 bits per heavy atom. The summed E-state index contributed by atoms with van der Waals surface area (Å²) in [7, 11) is 3.68. The van der Waals surface area contributed by atoms with Gasteiger partial charge in [-0.25, -0.2) is 0 Å². The number of ether oxygens (including phenoxy) is 1. The second-order valence-corrected chi connectivity index (χ2v) is 3.21. The van der Waals surface area contributed by atoms with Gasteiger partial charge in [0, 0.05) is 6.04 Å². The second-order valence-electron chi connectivity index (χ2n) is 3.21. The van der Waals surface area contributed by atoms with Gasteiger partial charge < -0.3 is 10.1 Å². The second kappa shape index (κ2) is 4.87. The van der Waals surface area contributed by atoms with Crippen molar-refractivity contribution in [1.29, 1.82) is 0 Å². The summed E-state index contributed by atoms with van der Waals surface area (Å²) in [6, 6.07) is 8.62. The Morgan fingerprint density at radius 3 is 2.69 bits per heavy atom. The molecule has 0 bridgehead atoms. The minimum Gasteiger partial charge on any atom is -0.496 e. The van der Waals surface area contributed by atoms with Gasteiger partial charge >= 0.3 is 0 Å². The van der Waals surface area contributed by atoms with Gasteiger partial charge in [0.1, 0.15) is 5.75 Å². The molecule has 0 saturated carbocycles. The summed E-state index contributed by atoms with van der Waals surface area (Å²) in [5.41, 5.74) is 1.26. The van der Waals surface area contributed by atoms with Crippen LogP contribution in [0.25, 0.3) is 0 Å². The molecule has 0 amide bonds. The minimum absolute atomic E-state index is 0.483. The van der Waals surface area contributed by atoms with Crippen molar-refractivity contribution in [3.05, 3.63) is 29.8 Å². The van der Waals surface area contributed by atoms with Gasteiger partial charge in [-0.1, -0.05) is 18.2 Å². The Balaban J connectivity index is 2.74. The van der Waals surface area contributed by atoms with Gasteiger partial charge in [0.05, 0.1) is 7.11 Å². The van der Waals surface area contributed by atoms with E-state index in [1.165, 1.54) is 5.56 Å². The van der Waals surface area contributed by atoms with Crippen LogP contribution in [0.5, 0.6) is 5.75 Å². The van der Waals surface area contributed by atoms with Gasteiger partial charge in [-0.2, -0.15) is 0 Å². The summed E-state index contributed by atoms with van der Waals surface area (Å²) in [5, 5.41) is 3.21. The van der Waals surface area contributed by atoms with Crippen LogP contribution in [0.2, 0.25) is 0 Å². The van der Waals surface area contributed by atoms with Crippen LogP contribution in [-0.4, -0.2) is 20.2 Å². The zero-order valence-corrected chi connectivity index (χ0v) is 8.50. The molecule has 1 N–H and O–H groups in total. The summed E-state index contributed by atoms with van der Waals surface area (Å²) >= 11 is 0. The summed E-state index contributed by atoms with van der Waals surface area (Å²) in [4.78, 5) is 0. The highest BCUT2D eigenvalue weighted by Gasteiger charge is 2.04. The van der Waals surface area contributed by atoms with Gasteiger partial charge in [0.2, 0.25) is 0 Å². The van der Waals surface area contributed by atoms with Crippen molar-refractivity contribution in [3.8, 4) is 5.75 Å². The smallest absolute Gasteiger partial charge is 0.122 e. The molecule has 13 heavy (non-hydrogen) atoms. The third kappa shape index (κ3) is 2.74. The fourth-order valence-electron chi connectivity index (χ4n) is 1.30. The van der Waals surface area contributed by atoms with Crippen LogP contribution in [0.1, 0.15) is 12.5 Å². The number of nitrogens with one attached hydrogen (secondary N) is 1. The van der Waals surface area contributed by atoms with E-state index in [2.05, 4.69) is 18.3 Å². The fraction of sp³-hybridized carbons (Fsp3) is 0.455. The van der Waals surface area contributed by atoms with Crippen LogP contribution in [0.3, 0.4) is 0 Å². The van der Waals surface area contributed by atoms with Crippen molar-refractivity contribution >= 4 is 0 Å². The van der Waals surface area contributed by atoms with Gasteiger partial charge in [0.15, 0.2) is 0 Å². The first-order valence-electron chi connectivity index (χ1n) is 4.57. The van der Waals surface area contributed by atoms with Crippen LogP contribution in [0.15, 0.2) is 24.3 Å². The molecule has 0 aliphatic heterocycles. The van der Waals surface area contributed by atoms with Crippen molar-refractivity contribution in [2.24, 2.45) is 0 Å². The Labute approximate surface area is 79.9 Å². The number of benzene rings is 1. The molecule has 0 aliphatic rings. The van der Waals surface area contributed by atoms with Crippen LogP contribution in [0, 0.1) is 0 Å². The van der Waals surface area contributed by atoms with E-state index in [1.54, 1.807) is 7.11 Å². The van der Waals surface area contributed by atoms with E-state index >= 15 is 0 Å². The zero-order chi connectivity index (χ0) is 9.68. The predicted octanol–water partition coefficient (Wildman–Crippen LogP) is 1.85. The summed E-state index contributed by atoms with van der Waals surface area (Å²) in [5.74, 6) is 0.976. The lowest BCUT2D eigenvalue weighted by Gasteiger charge is -2.12. The number of hydrogen-bond acceptors (Lipinski definition) is 2. The summed E-state index contributed by atoms with van der Waals surface area (Å²) < 4.78 is 5.26. The molecule has 0 spiro atoms. The molecule has 0 saturated heterocycles. The van der Waals surface area contributed by atoms with E-state index in [0.29, 0.717) is 6.04 Å². The molecule has 0 aliphatic carbocycles. The minimum atomic E-state index is 0.483. The highest BCUT2D eigenvalue weighted by atomic mass is 16.5. The molecule has 2 nitrogen and oxygen atoms in total. The molecular weight excluding hydrogens is 162 g/mol. The molecule has 72 valence electrons. The molecule has 1 atom stereocenters. The Hall–Kier alpha value is -1.02. The fourth-order valence-corrected chi connectivity index (χ4v) is 1.30. The zero-order valence-electron chi connectivity index (χ0n) is 8.50. The maximum absolute atomic E-state index is 5.26. The largest absolute Gasteiger partial charge is 0.496 e. The third-order valence-electron chi connectivity index (χ3n) is 2.21. The lowest BCUT2D eigenvalue weighted by atomic mass is 10.1. The quantitative estimate of drug-likeness (QED) is 0.761. The van der Waals surface area contributed by atoms with Crippen molar-refractivity contribution in [1.82, 2.24) is 5.32 Å². The molecule has 1 aromatic carbocycles.